The molecule has 0 radical (unpaired) electrons. The summed E-state index contributed by atoms with van der Waals surface area (Å²) in [4.78, 5) is 11.1. The Morgan fingerprint density at radius 1 is 0.917 bits per heavy atom. The number of carbonyl (C=O) groups excluding carboxylic acids is 1. The van der Waals surface area contributed by atoms with Gasteiger partial charge < -0.3 is 4.74 Å². The fraction of sp³-hybridized carbons (Fsp3) is 0.409. The molecule has 0 spiro atoms. The molecular weight excluding hydrogens is 296 g/mol. The van der Waals surface area contributed by atoms with Gasteiger partial charge >= 0.3 is 5.97 Å². The van der Waals surface area contributed by atoms with E-state index in [0.717, 1.165) is 32.1 Å². The molecule has 1 aliphatic rings. The van der Waals surface area contributed by atoms with Crippen LogP contribution in [0.3, 0.4) is 0 Å². The van der Waals surface area contributed by atoms with Crippen LogP contribution in [0.1, 0.15) is 56.6 Å². The zero-order chi connectivity index (χ0) is 16.9. The molecule has 2 nitrogen and oxygen atoms in total. The highest BCUT2D eigenvalue weighted by molar-refractivity contribution is 5.66. The lowest BCUT2D eigenvalue weighted by Gasteiger charge is -2.28. The standard InChI is InChI=1S/C22H26O2/c1-3-17-4-6-18(7-5-17)19-8-10-20(11-9-19)21-12-14-22(15-13-21)24-16(2)23/h4-11,21-22H,3,12-15H2,1-2H3. The van der Waals surface area contributed by atoms with Gasteiger partial charge in [-0.2, -0.15) is 0 Å². The van der Waals surface area contributed by atoms with E-state index >= 15 is 0 Å². The molecule has 0 aliphatic heterocycles. The van der Waals surface area contributed by atoms with Crippen molar-refractivity contribution < 1.29 is 9.53 Å². The molecule has 0 heterocycles. The molecule has 126 valence electrons. The van der Waals surface area contributed by atoms with Gasteiger partial charge in [0.05, 0.1) is 0 Å². The topological polar surface area (TPSA) is 26.3 Å². The van der Waals surface area contributed by atoms with Crippen molar-refractivity contribution in [2.45, 2.75) is 58.0 Å². The Morgan fingerprint density at radius 3 is 1.96 bits per heavy atom. The molecule has 3 rings (SSSR count). The first-order valence-corrected chi connectivity index (χ1v) is 9.02. The lowest BCUT2D eigenvalue weighted by atomic mass is 9.82. The molecule has 1 saturated carbocycles. The Bertz CT molecular complexity index is 662. The number of hydrogen-bond donors (Lipinski definition) is 0. The molecule has 0 atom stereocenters. The summed E-state index contributed by atoms with van der Waals surface area (Å²) in [7, 11) is 0. The van der Waals surface area contributed by atoms with Crippen LogP contribution in [0.25, 0.3) is 11.1 Å². The third-order valence-electron chi connectivity index (χ3n) is 5.08. The van der Waals surface area contributed by atoms with Gasteiger partial charge in [0.1, 0.15) is 6.10 Å². The highest BCUT2D eigenvalue weighted by atomic mass is 16.5. The van der Waals surface area contributed by atoms with E-state index in [4.69, 9.17) is 4.74 Å². The number of ether oxygens (including phenoxy) is 1. The van der Waals surface area contributed by atoms with Crippen LogP contribution in [0.15, 0.2) is 48.5 Å². The first kappa shape index (κ1) is 16.8. The van der Waals surface area contributed by atoms with Crippen molar-refractivity contribution in [3.63, 3.8) is 0 Å². The van der Waals surface area contributed by atoms with Gasteiger partial charge in [-0.25, -0.2) is 0 Å². The number of aryl methyl sites for hydroxylation is 1. The predicted molar refractivity (Wildman–Crippen MR) is 98.0 cm³/mol. The van der Waals surface area contributed by atoms with Crippen LogP contribution in [0.4, 0.5) is 0 Å². The second-order valence-electron chi connectivity index (χ2n) is 6.76. The lowest BCUT2D eigenvalue weighted by Crippen LogP contribution is -2.22. The van der Waals surface area contributed by atoms with Crippen LogP contribution in [0, 0.1) is 0 Å². The molecule has 0 bridgehead atoms. The Hall–Kier alpha value is -2.09. The first-order valence-electron chi connectivity index (χ1n) is 9.02. The van der Waals surface area contributed by atoms with Crippen LogP contribution in [0.2, 0.25) is 0 Å². The second kappa shape index (κ2) is 7.65. The molecule has 1 aliphatic carbocycles. The molecule has 2 aromatic rings. The minimum Gasteiger partial charge on any atom is -0.463 e. The summed E-state index contributed by atoms with van der Waals surface area (Å²) >= 11 is 0. The summed E-state index contributed by atoms with van der Waals surface area (Å²) in [5.74, 6) is 0.435. The molecule has 0 amide bonds. The number of carbonyl (C=O) groups is 1. The Morgan fingerprint density at radius 2 is 1.46 bits per heavy atom. The maximum Gasteiger partial charge on any atom is 0.302 e. The smallest absolute Gasteiger partial charge is 0.302 e. The molecule has 0 unspecified atom stereocenters. The summed E-state index contributed by atoms with van der Waals surface area (Å²) < 4.78 is 5.33. The van der Waals surface area contributed by atoms with E-state index in [2.05, 4.69) is 55.5 Å². The quantitative estimate of drug-likeness (QED) is 0.694. The fourth-order valence-electron chi connectivity index (χ4n) is 3.63. The maximum absolute atomic E-state index is 11.1. The summed E-state index contributed by atoms with van der Waals surface area (Å²) in [6, 6.07) is 17.8. The average molecular weight is 322 g/mol. The Kier molecular flexibility index (Phi) is 5.34. The van der Waals surface area contributed by atoms with Gasteiger partial charge in [-0.15, -0.1) is 0 Å². The number of hydrogen-bond acceptors (Lipinski definition) is 2. The molecule has 2 heteroatoms. The van der Waals surface area contributed by atoms with Crippen molar-refractivity contribution in [2.24, 2.45) is 0 Å². The summed E-state index contributed by atoms with van der Waals surface area (Å²) in [5.41, 5.74) is 5.33. The monoisotopic (exact) mass is 322 g/mol. The van der Waals surface area contributed by atoms with Crippen LogP contribution in [-0.2, 0) is 16.0 Å². The zero-order valence-corrected chi connectivity index (χ0v) is 14.6. The number of benzene rings is 2. The maximum atomic E-state index is 11.1. The fourth-order valence-corrected chi connectivity index (χ4v) is 3.63. The lowest BCUT2D eigenvalue weighted by molar-refractivity contribution is -0.147. The van der Waals surface area contributed by atoms with Gasteiger partial charge in [-0.3, -0.25) is 4.79 Å². The average Bonchev–Trinajstić information content (AvgIpc) is 2.62. The molecule has 0 N–H and O–H groups in total. The summed E-state index contributed by atoms with van der Waals surface area (Å²) in [5, 5.41) is 0. The number of esters is 1. The summed E-state index contributed by atoms with van der Waals surface area (Å²) in [6.07, 6.45) is 5.35. The minimum atomic E-state index is -0.156. The van der Waals surface area contributed by atoms with Gasteiger partial charge in [-0.05, 0) is 60.3 Å². The number of rotatable bonds is 4. The largest absolute Gasteiger partial charge is 0.463 e. The van der Waals surface area contributed by atoms with Crippen LogP contribution in [-0.4, -0.2) is 12.1 Å². The molecular formula is C22H26O2. The molecule has 2 aromatic carbocycles. The van der Waals surface area contributed by atoms with Crippen LogP contribution in [0.5, 0.6) is 0 Å². The summed E-state index contributed by atoms with van der Waals surface area (Å²) in [6.45, 7) is 3.68. The Balaban J connectivity index is 1.63. The van der Waals surface area contributed by atoms with Gasteiger partial charge in [-0.1, -0.05) is 55.5 Å². The van der Waals surface area contributed by atoms with E-state index in [1.54, 1.807) is 0 Å². The third kappa shape index (κ3) is 4.05. The van der Waals surface area contributed by atoms with Crippen LogP contribution >= 0.6 is 0 Å². The van der Waals surface area contributed by atoms with E-state index in [1.807, 2.05) is 0 Å². The zero-order valence-electron chi connectivity index (χ0n) is 14.6. The molecule has 0 saturated heterocycles. The van der Waals surface area contributed by atoms with E-state index in [1.165, 1.54) is 29.2 Å². The van der Waals surface area contributed by atoms with Gasteiger partial charge in [0.25, 0.3) is 0 Å². The van der Waals surface area contributed by atoms with Crippen molar-refractivity contribution in [3.05, 3.63) is 59.7 Å². The molecule has 0 aromatic heterocycles. The van der Waals surface area contributed by atoms with E-state index < -0.39 is 0 Å². The van der Waals surface area contributed by atoms with E-state index in [9.17, 15) is 4.79 Å². The van der Waals surface area contributed by atoms with Gasteiger partial charge in [0.2, 0.25) is 0 Å². The van der Waals surface area contributed by atoms with Crippen molar-refractivity contribution in [3.8, 4) is 11.1 Å². The highest BCUT2D eigenvalue weighted by Gasteiger charge is 2.24. The Labute approximate surface area is 144 Å². The van der Waals surface area contributed by atoms with Gasteiger partial charge in [0, 0.05) is 6.92 Å². The molecule has 1 fully saturated rings. The highest BCUT2D eigenvalue weighted by Crippen LogP contribution is 2.35. The van der Waals surface area contributed by atoms with Crippen molar-refractivity contribution in [1.82, 2.24) is 0 Å². The van der Waals surface area contributed by atoms with Crippen molar-refractivity contribution >= 4 is 5.97 Å². The van der Waals surface area contributed by atoms with Crippen molar-refractivity contribution in [2.75, 3.05) is 0 Å². The van der Waals surface area contributed by atoms with E-state index in [0.29, 0.717) is 5.92 Å². The van der Waals surface area contributed by atoms with E-state index in [-0.39, 0.29) is 12.1 Å². The normalized spacial score (nSPS) is 20.6. The van der Waals surface area contributed by atoms with Crippen LogP contribution < -0.4 is 0 Å². The first-order chi connectivity index (χ1) is 11.7. The predicted octanol–water partition coefficient (Wildman–Crippen LogP) is 5.51. The minimum absolute atomic E-state index is 0.120. The SMILES string of the molecule is CCc1ccc(-c2ccc(C3CCC(OC(C)=O)CC3)cc2)cc1. The third-order valence-corrected chi connectivity index (χ3v) is 5.08. The second-order valence-corrected chi connectivity index (χ2v) is 6.76. The van der Waals surface area contributed by atoms with Crippen molar-refractivity contribution in [1.29, 1.82) is 0 Å². The van der Waals surface area contributed by atoms with Gasteiger partial charge in [0.15, 0.2) is 0 Å². The molecule has 24 heavy (non-hydrogen) atoms.